The summed E-state index contributed by atoms with van der Waals surface area (Å²) >= 11 is 0. The van der Waals surface area contributed by atoms with E-state index in [1.807, 2.05) is 12.1 Å². The van der Waals surface area contributed by atoms with Gasteiger partial charge in [-0.05, 0) is 56.8 Å². The molecule has 0 saturated heterocycles. The molecule has 1 aromatic carbocycles. The van der Waals surface area contributed by atoms with Crippen molar-refractivity contribution in [3.8, 4) is 5.75 Å². The van der Waals surface area contributed by atoms with Gasteiger partial charge >= 0.3 is 0 Å². The average molecular weight is 265 g/mol. The monoisotopic (exact) mass is 265 g/mol. The smallest absolute Gasteiger partial charge is 0.118 e. The highest BCUT2D eigenvalue weighted by Gasteiger charge is 2.22. The third-order valence-electron chi connectivity index (χ3n) is 3.59. The number of benzene rings is 1. The highest BCUT2D eigenvalue weighted by molar-refractivity contribution is 5.27. The quantitative estimate of drug-likeness (QED) is 0.721. The van der Waals surface area contributed by atoms with Gasteiger partial charge in [0.2, 0.25) is 0 Å². The van der Waals surface area contributed by atoms with Crippen LogP contribution in [0.1, 0.15) is 38.7 Å². The first-order chi connectivity index (χ1) is 9.13. The normalized spacial score (nSPS) is 14.1. The van der Waals surface area contributed by atoms with Gasteiger partial charge in [0.05, 0.1) is 7.11 Å². The first kappa shape index (κ1) is 16.0. The van der Waals surface area contributed by atoms with E-state index in [1.54, 1.807) is 7.11 Å². The second-order valence-corrected chi connectivity index (χ2v) is 5.31. The molecule has 108 valence electrons. The van der Waals surface area contributed by atoms with Crippen molar-refractivity contribution in [3.05, 3.63) is 29.8 Å². The largest absolute Gasteiger partial charge is 0.497 e. The van der Waals surface area contributed by atoms with E-state index in [0.29, 0.717) is 0 Å². The van der Waals surface area contributed by atoms with Gasteiger partial charge in [-0.2, -0.15) is 0 Å². The molecular weight excluding hydrogens is 238 g/mol. The van der Waals surface area contributed by atoms with Crippen molar-refractivity contribution >= 4 is 0 Å². The molecule has 1 unspecified atom stereocenters. The summed E-state index contributed by atoms with van der Waals surface area (Å²) in [5.74, 6) is 0.894. The zero-order chi connectivity index (χ0) is 14.1. The van der Waals surface area contributed by atoms with Crippen molar-refractivity contribution < 1.29 is 9.84 Å². The Kier molecular flexibility index (Phi) is 6.89. The summed E-state index contributed by atoms with van der Waals surface area (Å²) in [4.78, 5) is 0. The topological polar surface area (TPSA) is 41.5 Å². The molecule has 1 atom stereocenters. The number of aliphatic hydroxyl groups is 1. The summed E-state index contributed by atoms with van der Waals surface area (Å²) in [6.07, 6.45) is 3.95. The van der Waals surface area contributed by atoms with E-state index in [-0.39, 0.29) is 12.1 Å². The summed E-state index contributed by atoms with van der Waals surface area (Å²) in [6, 6.07) is 8.21. The van der Waals surface area contributed by atoms with Gasteiger partial charge in [0.15, 0.2) is 0 Å². The van der Waals surface area contributed by atoms with Crippen LogP contribution in [0.5, 0.6) is 5.75 Å². The zero-order valence-corrected chi connectivity index (χ0v) is 12.4. The number of rotatable bonds is 9. The van der Waals surface area contributed by atoms with E-state index >= 15 is 0 Å². The highest BCUT2D eigenvalue weighted by Crippen LogP contribution is 2.19. The lowest BCUT2D eigenvalue weighted by molar-refractivity contribution is 0.212. The molecule has 3 heteroatoms. The molecule has 1 aromatic rings. The summed E-state index contributed by atoms with van der Waals surface area (Å²) in [6.45, 7) is 5.59. The predicted molar refractivity (Wildman–Crippen MR) is 79.7 cm³/mol. The zero-order valence-electron chi connectivity index (χ0n) is 12.4. The molecule has 0 aromatic heterocycles. The number of ether oxygens (including phenoxy) is 1. The van der Waals surface area contributed by atoms with Crippen LogP contribution in [-0.2, 0) is 6.42 Å². The molecule has 1 rings (SSSR count). The maximum atomic E-state index is 9.21. The molecule has 3 nitrogen and oxygen atoms in total. The Morgan fingerprint density at radius 2 is 1.89 bits per heavy atom. The van der Waals surface area contributed by atoms with E-state index in [9.17, 15) is 5.11 Å². The van der Waals surface area contributed by atoms with E-state index in [0.717, 1.165) is 38.0 Å². The molecule has 0 aliphatic heterocycles. The van der Waals surface area contributed by atoms with Crippen molar-refractivity contribution in [2.45, 2.75) is 45.1 Å². The van der Waals surface area contributed by atoms with Gasteiger partial charge in [-0.25, -0.2) is 0 Å². The number of methoxy groups -OCH3 is 1. The van der Waals surface area contributed by atoms with Crippen molar-refractivity contribution in [1.29, 1.82) is 0 Å². The van der Waals surface area contributed by atoms with Gasteiger partial charge in [0.1, 0.15) is 5.75 Å². The van der Waals surface area contributed by atoms with Crippen molar-refractivity contribution in [1.82, 2.24) is 5.32 Å². The molecule has 0 spiro atoms. The third-order valence-corrected chi connectivity index (χ3v) is 3.59. The van der Waals surface area contributed by atoms with Crippen LogP contribution >= 0.6 is 0 Å². The Labute approximate surface area is 117 Å². The lowest BCUT2D eigenvalue weighted by Gasteiger charge is -2.30. The van der Waals surface area contributed by atoms with Gasteiger partial charge in [0, 0.05) is 12.1 Å². The Bertz CT molecular complexity index is 350. The van der Waals surface area contributed by atoms with Gasteiger partial charge in [-0.3, -0.25) is 0 Å². The lowest BCUT2D eigenvalue weighted by Crippen LogP contribution is -2.44. The Balaban J connectivity index is 2.54. The minimum atomic E-state index is 0.0185. The van der Waals surface area contributed by atoms with E-state index in [4.69, 9.17) is 4.74 Å². The molecule has 0 aliphatic carbocycles. The van der Waals surface area contributed by atoms with Crippen LogP contribution in [0.4, 0.5) is 0 Å². The third kappa shape index (κ3) is 5.62. The molecule has 0 saturated carbocycles. The van der Waals surface area contributed by atoms with Crippen LogP contribution in [0, 0.1) is 0 Å². The second kappa shape index (κ2) is 8.18. The summed E-state index contributed by atoms with van der Waals surface area (Å²) < 4.78 is 5.16. The second-order valence-electron chi connectivity index (χ2n) is 5.31. The number of nitrogens with one attached hydrogen (secondary N) is 1. The maximum Gasteiger partial charge on any atom is 0.118 e. The first-order valence-electron chi connectivity index (χ1n) is 7.12. The van der Waals surface area contributed by atoms with Crippen LogP contribution in [0.15, 0.2) is 24.3 Å². The van der Waals surface area contributed by atoms with Crippen molar-refractivity contribution in [3.63, 3.8) is 0 Å². The molecule has 0 heterocycles. The molecule has 0 fully saturated rings. The molecule has 0 amide bonds. The summed E-state index contributed by atoms with van der Waals surface area (Å²) in [5, 5.41) is 12.8. The summed E-state index contributed by atoms with van der Waals surface area (Å²) in [5.41, 5.74) is 1.33. The highest BCUT2D eigenvalue weighted by atomic mass is 16.5. The molecule has 2 N–H and O–H groups in total. The Hall–Kier alpha value is -1.06. The van der Waals surface area contributed by atoms with E-state index < -0.39 is 0 Å². The lowest BCUT2D eigenvalue weighted by atomic mass is 9.90. The van der Waals surface area contributed by atoms with Gasteiger partial charge in [-0.15, -0.1) is 0 Å². The van der Waals surface area contributed by atoms with Gasteiger partial charge < -0.3 is 15.2 Å². The fourth-order valence-corrected chi connectivity index (χ4v) is 2.19. The molecular formula is C16H27NO2. The first-order valence-corrected chi connectivity index (χ1v) is 7.12. The van der Waals surface area contributed by atoms with Crippen LogP contribution in [-0.4, -0.2) is 30.9 Å². The SMILES string of the molecule is CCCNC(C)(CCO)CCc1ccc(OC)cc1. The fourth-order valence-electron chi connectivity index (χ4n) is 2.19. The number of aryl methyl sites for hydroxylation is 1. The Morgan fingerprint density at radius 1 is 1.21 bits per heavy atom. The molecule has 0 aliphatic rings. The summed E-state index contributed by atoms with van der Waals surface area (Å²) in [7, 11) is 1.68. The number of hydrogen-bond acceptors (Lipinski definition) is 3. The van der Waals surface area contributed by atoms with Gasteiger partial charge in [0.25, 0.3) is 0 Å². The molecule has 0 radical (unpaired) electrons. The van der Waals surface area contributed by atoms with E-state index in [2.05, 4.69) is 31.3 Å². The minimum Gasteiger partial charge on any atom is -0.497 e. The predicted octanol–water partition coefficient (Wildman–Crippen LogP) is 2.77. The van der Waals surface area contributed by atoms with Gasteiger partial charge in [-0.1, -0.05) is 19.1 Å². The molecule has 19 heavy (non-hydrogen) atoms. The van der Waals surface area contributed by atoms with Crippen molar-refractivity contribution in [2.24, 2.45) is 0 Å². The molecule has 0 bridgehead atoms. The number of aliphatic hydroxyl groups excluding tert-OH is 1. The number of hydrogen-bond donors (Lipinski definition) is 2. The van der Waals surface area contributed by atoms with Crippen molar-refractivity contribution in [2.75, 3.05) is 20.3 Å². The average Bonchev–Trinajstić information content (AvgIpc) is 2.44. The van der Waals surface area contributed by atoms with E-state index in [1.165, 1.54) is 5.56 Å². The van der Waals surface area contributed by atoms with Crippen LogP contribution in [0.25, 0.3) is 0 Å². The van der Waals surface area contributed by atoms with Crippen LogP contribution < -0.4 is 10.1 Å². The van der Waals surface area contributed by atoms with Crippen LogP contribution in [0.2, 0.25) is 0 Å². The maximum absolute atomic E-state index is 9.21. The van der Waals surface area contributed by atoms with Crippen LogP contribution in [0.3, 0.4) is 0 Å². The fraction of sp³-hybridized carbons (Fsp3) is 0.625. The Morgan fingerprint density at radius 3 is 2.42 bits per heavy atom. The minimum absolute atomic E-state index is 0.0185. The standard InChI is InChI=1S/C16H27NO2/c1-4-12-17-16(2,11-13-18)10-9-14-5-7-15(19-3)8-6-14/h5-8,17-18H,4,9-13H2,1-3H3.